The second kappa shape index (κ2) is 3.99. The van der Waals surface area contributed by atoms with Crippen molar-refractivity contribution in [2.45, 2.75) is 6.92 Å². The Morgan fingerprint density at radius 2 is 2.06 bits per heavy atom. The highest BCUT2D eigenvalue weighted by atomic mass is 16.3. The van der Waals surface area contributed by atoms with Crippen LogP contribution < -0.4 is 5.69 Å². The highest BCUT2D eigenvalue weighted by Gasteiger charge is 2.05. The minimum Gasteiger partial charge on any atom is -0.449 e. The number of aromatic nitrogens is 4. The molecule has 0 unspecified atom stereocenters. The number of hydrogen-bond acceptors (Lipinski definition) is 4. The molecule has 6 nitrogen and oxygen atoms in total. The summed E-state index contributed by atoms with van der Waals surface area (Å²) in [6, 6.07) is 7.42. The zero-order valence-electron chi connectivity index (χ0n) is 9.62. The van der Waals surface area contributed by atoms with Gasteiger partial charge in [-0.2, -0.15) is 5.10 Å². The molecule has 18 heavy (non-hydrogen) atoms. The number of benzene rings is 1. The number of aromatic amines is 1. The Kier molecular flexibility index (Phi) is 2.33. The van der Waals surface area contributed by atoms with Gasteiger partial charge in [-0.3, -0.25) is 0 Å². The summed E-state index contributed by atoms with van der Waals surface area (Å²) in [6.45, 7) is 1.79. The zero-order valence-corrected chi connectivity index (χ0v) is 9.62. The third kappa shape index (κ3) is 1.73. The van der Waals surface area contributed by atoms with E-state index < -0.39 is 0 Å². The van der Waals surface area contributed by atoms with Crippen LogP contribution in [0.4, 0.5) is 0 Å². The molecule has 1 N–H and O–H groups in total. The van der Waals surface area contributed by atoms with Crippen LogP contribution in [-0.4, -0.2) is 19.7 Å². The third-order valence-electron chi connectivity index (χ3n) is 2.61. The molecule has 3 aromatic rings. The van der Waals surface area contributed by atoms with Crippen LogP contribution in [0.25, 0.3) is 16.9 Å². The topological polar surface area (TPSA) is 76.7 Å². The maximum atomic E-state index is 11.4. The van der Waals surface area contributed by atoms with Crippen molar-refractivity contribution in [3.05, 3.63) is 53.2 Å². The van der Waals surface area contributed by atoms with Crippen molar-refractivity contribution < 1.29 is 4.42 Å². The Morgan fingerprint density at radius 3 is 2.61 bits per heavy atom. The molecule has 90 valence electrons. The first kappa shape index (κ1) is 10.5. The smallest absolute Gasteiger partial charge is 0.347 e. The monoisotopic (exact) mass is 242 g/mol. The highest BCUT2D eigenvalue weighted by Crippen LogP contribution is 2.19. The standard InChI is InChI=1S/C12H10N4O2/c1-8-14-11(6-18-8)9-2-4-10(5-3-9)16-7-13-15-12(16)17/h2-7H,1H3,(H,15,17). The summed E-state index contributed by atoms with van der Waals surface area (Å²) in [6.07, 6.45) is 3.05. The second-order valence-corrected chi connectivity index (χ2v) is 3.83. The summed E-state index contributed by atoms with van der Waals surface area (Å²) in [5, 5.41) is 6.03. The fraction of sp³-hybridized carbons (Fsp3) is 0.0833. The van der Waals surface area contributed by atoms with Gasteiger partial charge in [-0.05, 0) is 12.1 Å². The molecule has 2 aromatic heterocycles. The van der Waals surface area contributed by atoms with Gasteiger partial charge >= 0.3 is 5.69 Å². The van der Waals surface area contributed by atoms with Crippen LogP contribution in [0, 0.1) is 6.92 Å². The van der Waals surface area contributed by atoms with E-state index in [-0.39, 0.29) is 5.69 Å². The molecule has 2 heterocycles. The number of oxazole rings is 1. The normalized spacial score (nSPS) is 10.7. The van der Waals surface area contributed by atoms with Crippen LogP contribution in [0.5, 0.6) is 0 Å². The van der Waals surface area contributed by atoms with Crippen LogP contribution >= 0.6 is 0 Å². The third-order valence-corrected chi connectivity index (χ3v) is 2.61. The second-order valence-electron chi connectivity index (χ2n) is 3.83. The summed E-state index contributed by atoms with van der Waals surface area (Å²) >= 11 is 0. The number of nitrogens with zero attached hydrogens (tertiary/aromatic N) is 3. The van der Waals surface area contributed by atoms with Gasteiger partial charge in [0.15, 0.2) is 5.89 Å². The minimum absolute atomic E-state index is 0.264. The fourth-order valence-corrected chi connectivity index (χ4v) is 1.72. The van der Waals surface area contributed by atoms with Gasteiger partial charge in [0.1, 0.15) is 18.3 Å². The molecular formula is C12H10N4O2. The van der Waals surface area contributed by atoms with E-state index in [9.17, 15) is 4.79 Å². The van der Waals surface area contributed by atoms with E-state index in [2.05, 4.69) is 15.2 Å². The van der Waals surface area contributed by atoms with Gasteiger partial charge in [-0.1, -0.05) is 12.1 Å². The first-order valence-corrected chi connectivity index (χ1v) is 5.39. The molecule has 0 radical (unpaired) electrons. The van der Waals surface area contributed by atoms with E-state index in [0.29, 0.717) is 5.89 Å². The molecule has 3 rings (SSSR count). The number of H-pyrrole nitrogens is 1. The van der Waals surface area contributed by atoms with Gasteiger partial charge in [0.05, 0.1) is 5.69 Å². The predicted molar refractivity (Wildman–Crippen MR) is 64.4 cm³/mol. The van der Waals surface area contributed by atoms with E-state index in [1.165, 1.54) is 10.9 Å². The highest BCUT2D eigenvalue weighted by molar-refractivity contribution is 5.59. The number of hydrogen-bond donors (Lipinski definition) is 1. The average Bonchev–Trinajstić information content (AvgIpc) is 2.98. The van der Waals surface area contributed by atoms with Crippen LogP contribution in [0.1, 0.15) is 5.89 Å². The average molecular weight is 242 g/mol. The summed E-state index contributed by atoms with van der Waals surface area (Å²) in [7, 11) is 0. The van der Waals surface area contributed by atoms with Crippen LogP contribution in [0.3, 0.4) is 0 Å². The van der Waals surface area contributed by atoms with E-state index in [1.807, 2.05) is 24.3 Å². The lowest BCUT2D eigenvalue weighted by Gasteiger charge is -2.01. The van der Waals surface area contributed by atoms with Gasteiger partial charge in [0.2, 0.25) is 0 Å². The van der Waals surface area contributed by atoms with Crippen LogP contribution in [0.2, 0.25) is 0 Å². The number of rotatable bonds is 2. The fourth-order valence-electron chi connectivity index (χ4n) is 1.72. The lowest BCUT2D eigenvalue weighted by molar-refractivity contribution is 0.521. The van der Waals surface area contributed by atoms with Crippen molar-refractivity contribution in [3.63, 3.8) is 0 Å². The first-order chi connectivity index (χ1) is 8.74. The van der Waals surface area contributed by atoms with Crippen LogP contribution in [0.15, 0.2) is 46.1 Å². The quantitative estimate of drug-likeness (QED) is 0.739. The number of nitrogens with one attached hydrogen (secondary N) is 1. The van der Waals surface area contributed by atoms with E-state index >= 15 is 0 Å². The van der Waals surface area contributed by atoms with E-state index in [1.54, 1.807) is 13.2 Å². The Labute approximate surface area is 102 Å². The van der Waals surface area contributed by atoms with Crippen molar-refractivity contribution >= 4 is 0 Å². The molecule has 1 aromatic carbocycles. The molecule has 0 amide bonds. The molecule has 0 atom stereocenters. The predicted octanol–water partition coefficient (Wildman–Crippen LogP) is 1.52. The van der Waals surface area contributed by atoms with Crippen molar-refractivity contribution in [1.29, 1.82) is 0 Å². The Balaban J connectivity index is 1.99. The molecule has 0 fully saturated rings. The minimum atomic E-state index is -0.264. The van der Waals surface area contributed by atoms with E-state index in [0.717, 1.165) is 16.9 Å². The lowest BCUT2D eigenvalue weighted by atomic mass is 10.1. The lowest BCUT2D eigenvalue weighted by Crippen LogP contribution is -2.13. The van der Waals surface area contributed by atoms with Crippen molar-refractivity contribution in [3.8, 4) is 16.9 Å². The summed E-state index contributed by atoms with van der Waals surface area (Å²) in [5.74, 6) is 0.625. The molecule has 6 heteroatoms. The number of aryl methyl sites for hydroxylation is 1. The molecule has 0 aliphatic heterocycles. The summed E-state index contributed by atoms with van der Waals surface area (Å²) < 4.78 is 6.59. The van der Waals surface area contributed by atoms with Crippen molar-refractivity contribution in [1.82, 2.24) is 19.7 Å². The van der Waals surface area contributed by atoms with Gasteiger partial charge < -0.3 is 4.42 Å². The summed E-state index contributed by atoms with van der Waals surface area (Å²) in [5.41, 5.74) is 2.20. The zero-order chi connectivity index (χ0) is 12.5. The SMILES string of the molecule is Cc1nc(-c2ccc(-n3cn[nH]c3=O)cc2)co1. The summed E-state index contributed by atoms with van der Waals surface area (Å²) in [4.78, 5) is 15.6. The first-order valence-electron chi connectivity index (χ1n) is 5.39. The van der Waals surface area contributed by atoms with E-state index in [4.69, 9.17) is 4.42 Å². The van der Waals surface area contributed by atoms with Gasteiger partial charge in [-0.25, -0.2) is 19.4 Å². The van der Waals surface area contributed by atoms with Gasteiger partial charge in [0, 0.05) is 12.5 Å². The molecule has 0 saturated heterocycles. The Hall–Kier alpha value is -2.63. The van der Waals surface area contributed by atoms with Gasteiger partial charge in [-0.15, -0.1) is 0 Å². The maximum Gasteiger partial charge on any atom is 0.347 e. The van der Waals surface area contributed by atoms with Crippen molar-refractivity contribution in [2.75, 3.05) is 0 Å². The molecule has 0 spiro atoms. The molecule has 0 aliphatic carbocycles. The van der Waals surface area contributed by atoms with Gasteiger partial charge in [0.25, 0.3) is 0 Å². The molecule has 0 bridgehead atoms. The van der Waals surface area contributed by atoms with Crippen LogP contribution in [-0.2, 0) is 0 Å². The largest absolute Gasteiger partial charge is 0.449 e. The molecular weight excluding hydrogens is 232 g/mol. The molecule has 0 aliphatic rings. The Bertz CT molecular complexity index is 721. The Morgan fingerprint density at radius 1 is 1.28 bits per heavy atom. The molecule has 0 saturated carbocycles. The van der Waals surface area contributed by atoms with Crippen molar-refractivity contribution in [2.24, 2.45) is 0 Å². The maximum absolute atomic E-state index is 11.4.